The second kappa shape index (κ2) is 8.76. The van der Waals surface area contributed by atoms with E-state index in [4.69, 9.17) is 16.3 Å². The second-order valence-electron chi connectivity index (χ2n) is 5.24. The van der Waals surface area contributed by atoms with Crippen LogP contribution in [0.2, 0.25) is 5.02 Å². The van der Waals surface area contributed by atoms with Crippen LogP contribution in [-0.4, -0.2) is 23.7 Å². The minimum atomic E-state index is -0.436. The normalized spacial score (nSPS) is 11.6. The molecular weight excluding hydrogens is 346 g/mol. The molecule has 2 aromatic rings. The Kier molecular flexibility index (Phi) is 6.70. The Bertz CT molecular complexity index is 701. The molecule has 0 radical (unpaired) electrons. The first-order chi connectivity index (χ1) is 11.4. The summed E-state index contributed by atoms with van der Waals surface area (Å²) >= 11 is 7.18. The van der Waals surface area contributed by atoms with Crippen molar-refractivity contribution in [3.63, 3.8) is 0 Å². The Morgan fingerprint density at radius 3 is 2.38 bits per heavy atom. The van der Waals surface area contributed by atoms with E-state index in [0.29, 0.717) is 10.7 Å². The van der Waals surface area contributed by atoms with Gasteiger partial charge in [0.1, 0.15) is 5.25 Å². The number of anilines is 1. The molecule has 1 N–H and O–H groups in total. The number of carbonyl (C=O) groups is 2. The van der Waals surface area contributed by atoms with E-state index in [1.807, 2.05) is 31.2 Å². The fourth-order valence-electron chi connectivity index (χ4n) is 1.85. The molecule has 126 valence electrons. The summed E-state index contributed by atoms with van der Waals surface area (Å²) < 4.78 is 5.06. The molecule has 0 aliphatic heterocycles. The molecule has 0 bridgehead atoms. The molecule has 0 heterocycles. The maximum Gasteiger partial charge on any atom is 0.319 e. The van der Waals surface area contributed by atoms with Crippen molar-refractivity contribution in [2.45, 2.75) is 24.0 Å². The van der Waals surface area contributed by atoms with Crippen molar-refractivity contribution in [2.75, 3.05) is 11.9 Å². The van der Waals surface area contributed by atoms with Crippen molar-refractivity contribution in [2.24, 2.45) is 0 Å². The number of benzene rings is 2. The Morgan fingerprint density at radius 1 is 1.12 bits per heavy atom. The van der Waals surface area contributed by atoms with Gasteiger partial charge in [0.05, 0.1) is 0 Å². The predicted octanol–water partition coefficient (Wildman–Crippen LogP) is 4.31. The molecule has 1 amide bonds. The molecule has 1 atom stereocenters. The van der Waals surface area contributed by atoms with E-state index in [0.717, 1.165) is 10.5 Å². The molecule has 2 aromatic carbocycles. The van der Waals surface area contributed by atoms with Crippen molar-refractivity contribution in [1.29, 1.82) is 0 Å². The molecule has 1 unspecified atom stereocenters. The fourth-order valence-corrected chi connectivity index (χ4v) is 2.85. The van der Waals surface area contributed by atoms with Gasteiger partial charge in [-0.1, -0.05) is 29.3 Å². The largest absolute Gasteiger partial charge is 0.455 e. The van der Waals surface area contributed by atoms with Crippen molar-refractivity contribution in [3.05, 3.63) is 59.1 Å². The number of ether oxygens (including phenoxy) is 1. The number of thioether (sulfide) groups is 1. The van der Waals surface area contributed by atoms with Crippen LogP contribution in [0.1, 0.15) is 12.5 Å². The topological polar surface area (TPSA) is 55.4 Å². The second-order valence-corrected chi connectivity index (χ2v) is 7.09. The van der Waals surface area contributed by atoms with Crippen LogP contribution in [-0.2, 0) is 14.3 Å². The molecule has 2 rings (SSSR count). The zero-order valence-corrected chi connectivity index (χ0v) is 15.0. The summed E-state index contributed by atoms with van der Waals surface area (Å²) in [4.78, 5) is 24.7. The van der Waals surface area contributed by atoms with Gasteiger partial charge in [-0.15, -0.1) is 11.8 Å². The van der Waals surface area contributed by atoms with Gasteiger partial charge >= 0.3 is 5.97 Å². The number of esters is 1. The zero-order chi connectivity index (χ0) is 17.5. The van der Waals surface area contributed by atoms with Crippen LogP contribution in [0.3, 0.4) is 0 Å². The van der Waals surface area contributed by atoms with Gasteiger partial charge in [-0.25, -0.2) is 0 Å². The lowest BCUT2D eigenvalue weighted by Gasteiger charge is -2.11. The highest BCUT2D eigenvalue weighted by Crippen LogP contribution is 2.25. The summed E-state index contributed by atoms with van der Waals surface area (Å²) in [5.74, 6) is -0.801. The van der Waals surface area contributed by atoms with Crippen LogP contribution in [0, 0.1) is 6.92 Å². The predicted molar refractivity (Wildman–Crippen MR) is 97.5 cm³/mol. The summed E-state index contributed by atoms with van der Waals surface area (Å²) in [6.45, 7) is 3.39. The summed E-state index contributed by atoms with van der Waals surface area (Å²) in [5.41, 5.74) is 1.78. The van der Waals surface area contributed by atoms with Gasteiger partial charge in [-0.3, -0.25) is 9.59 Å². The number of hydrogen-bond donors (Lipinski definition) is 1. The molecule has 0 fully saturated rings. The van der Waals surface area contributed by atoms with Gasteiger partial charge < -0.3 is 10.1 Å². The van der Waals surface area contributed by atoms with E-state index in [1.165, 1.54) is 11.8 Å². The number of carbonyl (C=O) groups excluding carboxylic acids is 2. The molecule has 0 aromatic heterocycles. The van der Waals surface area contributed by atoms with Crippen LogP contribution in [0.15, 0.2) is 53.4 Å². The smallest absolute Gasteiger partial charge is 0.319 e. The van der Waals surface area contributed by atoms with Crippen molar-refractivity contribution in [3.8, 4) is 0 Å². The number of halogens is 1. The van der Waals surface area contributed by atoms with Crippen LogP contribution in [0.4, 0.5) is 5.69 Å². The molecule has 0 aliphatic rings. The van der Waals surface area contributed by atoms with Crippen LogP contribution < -0.4 is 5.32 Å². The standard InChI is InChI=1S/C18H18ClNO3S/c1-12-3-7-15(8-4-12)20-17(21)11-23-18(22)13(2)24-16-9-5-14(19)6-10-16/h3-10,13H,11H2,1-2H3,(H,20,21). The first kappa shape index (κ1) is 18.4. The monoisotopic (exact) mass is 363 g/mol. The Labute approximate surface area is 150 Å². The van der Waals surface area contributed by atoms with Gasteiger partial charge in [0.2, 0.25) is 0 Å². The Hall–Kier alpha value is -1.98. The van der Waals surface area contributed by atoms with Crippen LogP contribution >= 0.6 is 23.4 Å². The Morgan fingerprint density at radius 2 is 1.75 bits per heavy atom. The number of hydrogen-bond acceptors (Lipinski definition) is 4. The lowest BCUT2D eigenvalue weighted by molar-refractivity contribution is -0.146. The molecule has 0 aliphatic carbocycles. The van der Waals surface area contributed by atoms with Gasteiger partial charge in [0.15, 0.2) is 6.61 Å². The van der Waals surface area contributed by atoms with E-state index >= 15 is 0 Å². The number of aryl methyl sites for hydroxylation is 1. The molecular formula is C18H18ClNO3S. The van der Waals surface area contributed by atoms with Gasteiger partial charge in [-0.05, 0) is 50.2 Å². The SMILES string of the molecule is Cc1ccc(NC(=O)COC(=O)C(C)Sc2ccc(Cl)cc2)cc1. The summed E-state index contributed by atoms with van der Waals surface area (Å²) in [5, 5.41) is 2.90. The van der Waals surface area contributed by atoms with E-state index in [2.05, 4.69) is 5.32 Å². The highest BCUT2D eigenvalue weighted by atomic mass is 35.5. The Balaban J connectivity index is 1.77. The van der Waals surface area contributed by atoms with Crippen molar-refractivity contribution >= 4 is 40.9 Å². The van der Waals surface area contributed by atoms with E-state index in [-0.39, 0.29) is 12.5 Å². The lowest BCUT2D eigenvalue weighted by atomic mass is 10.2. The van der Waals surface area contributed by atoms with Gasteiger partial charge in [0, 0.05) is 15.6 Å². The third-order valence-corrected chi connectivity index (χ3v) is 4.48. The molecule has 0 saturated carbocycles. The van der Waals surface area contributed by atoms with Crippen LogP contribution in [0.5, 0.6) is 0 Å². The lowest BCUT2D eigenvalue weighted by Crippen LogP contribution is -2.24. The average molecular weight is 364 g/mol. The van der Waals surface area contributed by atoms with E-state index < -0.39 is 11.2 Å². The number of amides is 1. The highest BCUT2D eigenvalue weighted by Gasteiger charge is 2.17. The summed E-state index contributed by atoms with van der Waals surface area (Å²) in [6.07, 6.45) is 0. The number of nitrogens with one attached hydrogen (secondary N) is 1. The summed E-state index contributed by atoms with van der Waals surface area (Å²) in [7, 11) is 0. The average Bonchev–Trinajstić information content (AvgIpc) is 2.57. The molecule has 4 nitrogen and oxygen atoms in total. The zero-order valence-electron chi connectivity index (χ0n) is 13.4. The molecule has 24 heavy (non-hydrogen) atoms. The maximum absolute atomic E-state index is 12.0. The van der Waals surface area contributed by atoms with Gasteiger partial charge in [-0.2, -0.15) is 0 Å². The van der Waals surface area contributed by atoms with Crippen molar-refractivity contribution in [1.82, 2.24) is 0 Å². The fraction of sp³-hybridized carbons (Fsp3) is 0.222. The quantitative estimate of drug-likeness (QED) is 0.613. The van der Waals surface area contributed by atoms with Crippen LogP contribution in [0.25, 0.3) is 0 Å². The van der Waals surface area contributed by atoms with E-state index in [9.17, 15) is 9.59 Å². The first-order valence-electron chi connectivity index (χ1n) is 7.39. The third kappa shape index (κ3) is 5.91. The van der Waals surface area contributed by atoms with Gasteiger partial charge in [0.25, 0.3) is 5.91 Å². The maximum atomic E-state index is 12.0. The highest BCUT2D eigenvalue weighted by molar-refractivity contribution is 8.00. The number of rotatable bonds is 6. The first-order valence-corrected chi connectivity index (χ1v) is 8.65. The van der Waals surface area contributed by atoms with Crippen molar-refractivity contribution < 1.29 is 14.3 Å². The molecule has 0 saturated heterocycles. The van der Waals surface area contributed by atoms with E-state index in [1.54, 1.807) is 31.2 Å². The minimum absolute atomic E-state index is 0.307. The summed E-state index contributed by atoms with van der Waals surface area (Å²) in [6, 6.07) is 14.6. The third-order valence-electron chi connectivity index (χ3n) is 3.14. The minimum Gasteiger partial charge on any atom is -0.455 e. The molecule has 6 heteroatoms. The molecule has 0 spiro atoms.